The third-order valence-electron chi connectivity index (χ3n) is 9.85. The van der Waals surface area contributed by atoms with Crippen molar-refractivity contribution in [1.29, 1.82) is 0 Å². The molecule has 4 aliphatic rings. The maximum atomic E-state index is 11.0. The van der Waals surface area contributed by atoms with Crippen molar-refractivity contribution in [3.05, 3.63) is 23.3 Å². The lowest BCUT2D eigenvalue weighted by Gasteiger charge is -2.56. The molecule has 0 spiro atoms. The van der Waals surface area contributed by atoms with Crippen molar-refractivity contribution in [2.75, 3.05) is 0 Å². The predicted molar refractivity (Wildman–Crippen MR) is 120 cm³/mol. The lowest BCUT2D eigenvalue weighted by Crippen LogP contribution is -2.52. The highest BCUT2D eigenvalue weighted by Gasteiger charge is 2.58. The van der Waals surface area contributed by atoms with Crippen LogP contribution in [0, 0.1) is 40.4 Å². The number of hydrogen-bond acceptors (Lipinski definition) is 2. The Morgan fingerprint density at radius 3 is 2.48 bits per heavy atom. The molecule has 0 saturated heterocycles. The molecule has 0 aromatic carbocycles. The molecule has 4 aliphatic carbocycles. The molecule has 0 bridgehead atoms. The topological polar surface area (TPSA) is 40.5 Å². The zero-order valence-corrected chi connectivity index (χ0v) is 19.5. The molecule has 8 atom stereocenters. The van der Waals surface area contributed by atoms with Gasteiger partial charge in [0.2, 0.25) is 0 Å². The van der Waals surface area contributed by atoms with E-state index < -0.39 is 6.10 Å². The second-order valence-corrected chi connectivity index (χ2v) is 11.9. The summed E-state index contributed by atoms with van der Waals surface area (Å²) in [5.41, 5.74) is 3.20. The zero-order chi connectivity index (χ0) is 21.0. The number of hydrogen-bond donors (Lipinski definition) is 2. The van der Waals surface area contributed by atoms with Gasteiger partial charge in [0, 0.05) is 11.8 Å². The van der Waals surface area contributed by atoms with Gasteiger partial charge >= 0.3 is 0 Å². The first-order valence-corrected chi connectivity index (χ1v) is 12.4. The van der Waals surface area contributed by atoms with Gasteiger partial charge in [-0.1, -0.05) is 77.2 Å². The molecule has 0 aromatic heterocycles. The van der Waals surface area contributed by atoms with Crippen LogP contribution in [0.5, 0.6) is 0 Å². The van der Waals surface area contributed by atoms with Crippen LogP contribution < -0.4 is 0 Å². The van der Waals surface area contributed by atoms with E-state index in [1.54, 1.807) is 5.57 Å². The second kappa shape index (κ2) is 7.83. The molecule has 3 saturated carbocycles. The lowest BCUT2D eigenvalue weighted by atomic mass is 9.49. The van der Waals surface area contributed by atoms with Gasteiger partial charge in [0.05, 0.1) is 12.2 Å². The van der Waals surface area contributed by atoms with Crippen LogP contribution in [0.3, 0.4) is 0 Å². The third-order valence-corrected chi connectivity index (χ3v) is 9.85. The molecule has 0 aliphatic heterocycles. The SMILES string of the molecule is CC(C)CCC[C@@H](C)[C@H]1CC[C@H]2C3=CC=C4C[C@H](O)C[C@H](O)[C@]4(C)[C@H]3CC[C@]12C. The number of aliphatic hydroxyl groups is 2. The first-order chi connectivity index (χ1) is 13.7. The monoisotopic (exact) mass is 400 g/mol. The van der Waals surface area contributed by atoms with E-state index in [0.717, 1.165) is 24.2 Å². The van der Waals surface area contributed by atoms with E-state index in [9.17, 15) is 10.2 Å². The summed E-state index contributed by atoms with van der Waals surface area (Å²) >= 11 is 0. The maximum absolute atomic E-state index is 11.0. The van der Waals surface area contributed by atoms with E-state index in [2.05, 4.69) is 46.8 Å². The minimum absolute atomic E-state index is 0.161. The fourth-order valence-corrected chi connectivity index (χ4v) is 8.07. The zero-order valence-electron chi connectivity index (χ0n) is 19.5. The van der Waals surface area contributed by atoms with Crippen LogP contribution in [-0.2, 0) is 0 Å². The van der Waals surface area contributed by atoms with Gasteiger partial charge in [-0.25, -0.2) is 0 Å². The Hall–Kier alpha value is -0.600. The van der Waals surface area contributed by atoms with E-state index in [-0.39, 0.29) is 11.5 Å². The Bertz CT molecular complexity index is 676. The molecule has 0 aromatic rings. The summed E-state index contributed by atoms with van der Waals surface area (Å²) in [6.45, 7) is 12.1. The number of aliphatic hydroxyl groups excluding tert-OH is 2. The van der Waals surface area contributed by atoms with Gasteiger partial charge in [-0.05, 0) is 67.1 Å². The van der Waals surface area contributed by atoms with Crippen molar-refractivity contribution in [2.45, 2.75) is 105 Å². The number of rotatable bonds is 5. The van der Waals surface area contributed by atoms with Gasteiger partial charge in [-0.3, -0.25) is 0 Å². The Morgan fingerprint density at radius 1 is 1.00 bits per heavy atom. The van der Waals surface area contributed by atoms with Gasteiger partial charge < -0.3 is 10.2 Å². The fourth-order valence-electron chi connectivity index (χ4n) is 8.07. The molecular weight excluding hydrogens is 356 g/mol. The minimum Gasteiger partial charge on any atom is -0.393 e. The molecule has 2 N–H and O–H groups in total. The fraction of sp³-hybridized carbons (Fsp3) is 0.852. The van der Waals surface area contributed by atoms with Crippen LogP contribution in [0.4, 0.5) is 0 Å². The summed E-state index contributed by atoms with van der Waals surface area (Å²) in [5, 5.41) is 21.2. The molecule has 0 amide bonds. The van der Waals surface area contributed by atoms with E-state index in [0.29, 0.717) is 23.7 Å². The van der Waals surface area contributed by atoms with Crippen molar-refractivity contribution < 1.29 is 10.2 Å². The second-order valence-electron chi connectivity index (χ2n) is 11.9. The standard InChI is InChI=1S/C27H44O2/c1-17(2)7-6-8-18(3)22-11-12-23-21-10-9-19-15-20(28)16-25(29)27(19,5)24(21)13-14-26(22,23)4/h9-10,17-18,20,22-25,28-29H,6-8,11-16H2,1-5H3/t18-,20+,22-,23+,24+,25+,26-,27+/m1/s1. The van der Waals surface area contributed by atoms with Crippen molar-refractivity contribution >= 4 is 0 Å². The molecule has 29 heavy (non-hydrogen) atoms. The summed E-state index contributed by atoms with van der Waals surface area (Å²) in [5.74, 6) is 3.64. The minimum atomic E-state index is -0.414. The van der Waals surface area contributed by atoms with Gasteiger partial charge in [-0.15, -0.1) is 0 Å². The molecule has 3 fully saturated rings. The molecular formula is C27H44O2. The number of allylic oxidation sites excluding steroid dienone is 3. The summed E-state index contributed by atoms with van der Waals surface area (Å²) in [6, 6.07) is 0. The van der Waals surface area contributed by atoms with Crippen LogP contribution in [0.15, 0.2) is 23.3 Å². The average molecular weight is 401 g/mol. The third kappa shape index (κ3) is 3.47. The van der Waals surface area contributed by atoms with Gasteiger partial charge in [0.25, 0.3) is 0 Å². The summed E-state index contributed by atoms with van der Waals surface area (Å²) in [4.78, 5) is 0. The molecule has 0 radical (unpaired) electrons. The smallest absolute Gasteiger partial charge is 0.0661 e. The van der Waals surface area contributed by atoms with E-state index >= 15 is 0 Å². The first kappa shape index (κ1) is 21.6. The largest absolute Gasteiger partial charge is 0.393 e. The highest BCUT2D eigenvalue weighted by Crippen LogP contribution is 2.66. The van der Waals surface area contributed by atoms with E-state index in [1.165, 1.54) is 50.5 Å². The first-order valence-electron chi connectivity index (χ1n) is 12.4. The number of fused-ring (bicyclic) bond motifs is 5. The van der Waals surface area contributed by atoms with Crippen molar-refractivity contribution in [3.63, 3.8) is 0 Å². The molecule has 0 heterocycles. The normalized spacial score (nSPS) is 45.2. The van der Waals surface area contributed by atoms with Crippen LogP contribution in [0.2, 0.25) is 0 Å². The lowest BCUT2D eigenvalue weighted by molar-refractivity contribution is -0.0544. The van der Waals surface area contributed by atoms with Crippen LogP contribution in [0.25, 0.3) is 0 Å². The maximum Gasteiger partial charge on any atom is 0.0661 e. The van der Waals surface area contributed by atoms with Gasteiger partial charge in [0.15, 0.2) is 0 Å². The Labute approximate surface area is 178 Å². The summed E-state index contributed by atoms with van der Waals surface area (Å²) in [7, 11) is 0. The van der Waals surface area contributed by atoms with Crippen molar-refractivity contribution in [1.82, 2.24) is 0 Å². The molecule has 0 unspecified atom stereocenters. The molecule has 2 heteroatoms. The van der Waals surface area contributed by atoms with Gasteiger partial charge in [-0.2, -0.15) is 0 Å². The highest BCUT2D eigenvalue weighted by atomic mass is 16.3. The quantitative estimate of drug-likeness (QED) is 0.570. The summed E-state index contributed by atoms with van der Waals surface area (Å²) in [6.07, 6.45) is 14.5. The molecule has 4 rings (SSSR count). The van der Waals surface area contributed by atoms with Crippen molar-refractivity contribution in [3.8, 4) is 0 Å². The Kier molecular flexibility index (Phi) is 5.84. The Morgan fingerprint density at radius 2 is 1.76 bits per heavy atom. The van der Waals surface area contributed by atoms with Crippen LogP contribution in [0.1, 0.15) is 92.4 Å². The molecule has 2 nitrogen and oxygen atoms in total. The van der Waals surface area contributed by atoms with Crippen molar-refractivity contribution in [2.24, 2.45) is 40.4 Å². The highest BCUT2D eigenvalue weighted by molar-refractivity contribution is 5.40. The molecule has 164 valence electrons. The van der Waals surface area contributed by atoms with Gasteiger partial charge in [0.1, 0.15) is 0 Å². The average Bonchev–Trinajstić information content (AvgIpc) is 3.00. The summed E-state index contributed by atoms with van der Waals surface area (Å²) < 4.78 is 0. The van der Waals surface area contributed by atoms with Crippen LogP contribution in [-0.4, -0.2) is 22.4 Å². The predicted octanol–water partition coefficient (Wildman–Crippen LogP) is 6.28. The Balaban J connectivity index is 1.55. The van der Waals surface area contributed by atoms with E-state index in [4.69, 9.17) is 0 Å². The van der Waals surface area contributed by atoms with Crippen LogP contribution >= 0.6 is 0 Å². The van der Waals surface area contributed by atoms with E-state index in [1.807, 2.05) is 0 Å².